The Kier molecular flexibility index (Phi) is 3.90. The lowest BCUT2D eigenvalue weighted by Crippen LogP contribution is -2.11. The molecule has 18 heavy (non-hydrogen) atoms. The Morgan fingerprint density at radius 3 is 2.78 bits per heavy atom. The molecule has 0 bridgehead atoms. The van der Waals surface area contributed by atoms with E-state index in [0.717, 1.165) is 24.4 Å². The SMILES string of the molecule is COC1=CCC(Cn2cc(C(C)C)c(C)n2)C=C1. The number of nitrogens with zero attached hydrogens (tertiary/aromatic N) is 2. The summed E-state index contributed by atoms with van der Waals surface area (Å²) < 4.78 is 7.27. The molecule has 1 aliphatic carbocycles. The molecule has 0 spiro atoms. The minimum absolute atomic E-state index is 0.517. The molecule has 0 fully saturated rings. The van der Waals surface area contributed by atoms with E-state index in [9.17, 15) is 0 Å². The molecular weight excluding hydrogens is 224 g/mol. The summed E-state index contributed by atoms with van der Waals surface area (Å²) in [4.78, 5) is 0. The van der Waals surface area contributed by atoms with E-state index in [2.05, 4.69) is 48.9 Å². The van der Waals surface area contributed by atoms with Gasteiger partial charge in [0.15, 0.2) is 0 Å². The summed E-state index contributed by atoms with van der Waals surface area (Å²) in [6.45, 7) is 7.45. The van der Waals surface area contributed by atoms with Gasteiger partial charge in [-0.1, -0.05) is 19.9 Å². The highest BCUT2D eigenvalue weighted by molar-refractivity contribution is 5.20. The van der Waals surface area contributed by atoms with Crippen LogP contribution in [-0.4, -0.2) is 16.9 Å². The van der Waals surface area contributed by atoms with Crippen LogP contribution >= 0.6 is 0 Å². The van der Waals surface area contributed by atoms with Gasteiger partial charge in [-0.2, -0.15) is 5.10 Å². The molecule has 1 atom stereocenters. The fourth-order valence-electron chi connectivity index (χ4n) is 2.37. The van der Waals surface area contributed by atoms with Crippen LogP contribution in [0.25, 0.3) is 0 Å². The molecule has 0 saturated carbocycles. The van der Waals surface area contributed by atoms with Crippen molar-refractivity contribution < 1.29 is 4.74 Å². The Bertz CT molecular complexity index is 469. The average Bonchev–Trinajstić information content (AvgIpc) is 2.71. The van der Waals surface area contributed by atoms with Gasteiger partial charge in [-0.3, -0.25) is 4.68 Å². The van der Waals surface area contributed by atoms with Crippen LogP contribution in [0.2, 0.25) is 0 Å². The summed E-state index contributed by atoms with van der Waals surface area (Å²) in [5, 5.41) is 4.60. The first-order valence-electron chi connectivity index (χ1n) is 6.56. The molecule has 0 aromatic carbocycles. The molecule has 1 heterocycles. The van der Waals surface area contributed by atoms with Gasteiger partial charge in [0.2, 0.25) is 0 Å². The maximum Gasteiger partial charge on any atom is 0.114 e. The zero-order chi connectivity index (χ0) is 13.1. The first-order valence-corrected chi connectivity index (χ1v) is 6.56. The van der Waals surface area contributed by atoms with Crippen LogP contribution in [0.3, 0.4) is 0 Å². The minimum atomic E-state index is 0.517. The summed E-state index contributed by atoms with van der Waals surface area (Å²) >= 11 is 0. The third-order valence-electron chi connectivity index (χ3n) is 3.42. The predicted octanol–water partition coefficient (Wildman–Crippen LogP) is 3.42. The van der Waals surface area contributed by atoms with Crippen molar-refractivity contribution in [1.29, 1.82) is 0 Å². The van der Waals surface area contributed by atoms with Crippen molar-refractivity contribution in [2.24, 2.45) is 5.92 Å². The number of rotatable bonds is 4. The molecule has 1 aromatic rings. The van der Waals surface area contributed by atoms with Gasteiger partial charge in [-0.15, -0.1) is 0 Å². The molecule has 0 saturated heterocycles. The standard InChI is InChI=1S/C15H22N2O/c1-11(2)15-10-17(16-12(15)3)9-13-5-7-14(18-4)8-6-13/h5,7-8,10-11,13H,6,9H2,1-4H3. The molecule has 0 amide bonds. The number of aryl methyl sites for hydroxylation is 1. The lowest BCUT2D eigenvalue weighted by atomic mass is 10.00. The molecule has 3 heteroatoms. The lowest BCUT2D eigenvalue weighted by Gasteiger charge is -2.15. The van der Waals surface area contributed by atoms with E-state index in [-0.39, 0.29) is 0 Å². The van der Waals surface area contributed by atoms with Gasteiger partial charge in [0.25, 0.3) is 0 Å². The second kappa shape index (κ2) is 5.42. The normalized spacial score (nSPS) is 19.2. The first-order chi connectivity index (χ1) is 8.60. The molecule has 0 radical (unpaired) electrons. The topological polar surface area (TPSA) is 27.1 Å². The van der Waals surface area contributed by atoms with Gasteiger partial charge in [-0.25, -0.2) is 0 Å². The van der Waals surface area contributed by atoms with Crippen molar-refractivity contribution >= 4 is 0 Å². The van der Waals surface area contributed by atoms with Crippen LogP contribution < -0.4 is 0 Å². The van der Waals surface area contributed by atoms with Gasteiger partial charge in [-0.05, 0) is 37.0 Å². The van der Waals surface area contributed by atoms with Gasteiger partial charge in [0.05, 0.1) is 12.8 Å². The van der Waals surface area contributed by atoms with Gasteiger partial charge >= 0.3 is 0 Å². The second-order valence-corrected chi connectivity index (χ2v) is 5.21. The largest absolute Gasteiger partial charge is 0.497 e. The highest BCUT2D eigenvalue weighted by Gasteiger charge is 2.13. The molecule has 0 N–H and O–H groups in total. The lowest BCUT2D eigenvalue weighted by molar-refractivity contribution is 0.300. The Morgan fingerprint density at radius 1 is 1.50 bits per heavy atom. The van der Waals surface area contributed by atoms with Gasteiger partial charge in [0, 0.05) is 18.7 Å². The third kappa shape index (κ3) is 2.84. The fraction of sp³-hybridized carbons (Fsp3) is 0.533. The van der Waals surface area contributed by atoms with E-state index in [1.807, 2.05) is 6.08 Å². The quantitative estimate of drug-likeness (QED) is 0.814. The summed E-state index contributed by atoms with van der Waals surface area (Å²) in [5.41, 5.74) is 2.50. The van der Waals surface area contributed by atoms with Crippen molar-refractivity contribution in [3.05, 3.63) is 41.4 Å². The minimum Gasteiger partial charge on any atom is -0.497 e. The summed E-state index contributed by atoms with van der Waals surface area (Å²) in [6, 6.07) is 0. The van der Waals surface area contributed by atoms with Crippen LogP contribution in [0.15, 0.2) is 30.2 Å². The molecule has 1 aromatic heterocycles. The van der Waals surface area contributed by atoms with E-state index in [4.69, 9.17) is 4.74 Å². The van der Waals surface area contributed by atoms with E-state index in [0.29, 0.717) is 11.8 Å². The van der Waals surface area contributed by atoms with Crippen LogP contribution in [0, 0.1) is 12.8 Å². The monoisotopic (exact) mass is 246 g/mol. The molecule has 0 aliphatic heterocycles. The number of hydrogen-bond acceptors (Lipinski definition) is 2. The molecule has 3 nitrogen and oxygen atoms in total. The first kappa shape index (κ1) is 12.9. The Morgan fingerprint density at radius 2 is 2.28 bits per heavy atom. The van der Waals surface area contributed by atoms with Crippen molar-refractivity contribution in [2.45, 2.75) is 39.7 Å². The van der Waals surface area contributed by atoms with Crippen molar-refractivity contribution in [2.75, 3.05) is 7.11 Å². The summed E-state index contributed by atoms with van der Waals surface area (Å²) in [6.07, 6.45) is 9.61. The molecular formula is C15H22N2O. The van der Waals surface area contributed by atoms with Crippen LogP contribution in [-0.2, 0) is 11.3 Å². The fourth-order valence-corrected chi connectivity index (χ4v) is 2.37. The zero-order valence-electron chi connectivity index (χ0n) is 11.7. The summed E-state index contributed by atoms with van der Waals surface area (Å²) in [5.74, 6) is 2.02. The third-order valence-corrected chi connectivity index (χ3v) is 3.42. The maximum absolute atomic E-state index is 5.20. The number of aromatic nitrogens is 2. The molecule has 98 valence electrons. The smallest absolute Gasteiger partial charge is 0.114 e. The molecule has 2 rings (SSSR count). The maximum atomic E-state index is 5.20. The van der Waals surface area contributed by atoms with E-state index in [1.54, 1.807) is 7.11 Å². The van der Waals surface area contributed by atoms with Crippen molar-refractivity contribution in [3.63, 3.8) is 0 Å². The van der Waals surface area contributed by atoms with Crippen LogP contribution in [0.5, 0.6) is 0 Å². The van der Waals surface area contributed by atoms with Crippen molar-refractivity contribution in [1.82, 2.24) is 9.78 Å². The number of allylic oxidation sites excluding steroid dienone is 3. The average molecular weight is 246 g/mol. The van der Waals surface area contributed by atoms with E-state index in [1.165, 1.54) is 5.56 Å². The molecule has 1 aliphatic rings. The zero-order valence-corrected chi connectivity index (χ0v) is 11.7. The predicted molar refractivity (Wildman–Crippen MR) is 73.4 cm³/mol. The highest BCUT2D eigenvalue weighted by atomic mass is 16.5. The van der Waals surface area contributed by atoms with Crippen LogP contribution in [0.1, 0.15) is 37.4 Å². The Labute approximate surface area is 109 Å². The number of methoxy groups -OCH3 is 1. The number of hydrogen-bond donors (Lipinski definition) is 0. The molecule has 1 unspecified atom stereocenters. The number of ether oxygens (including phenoxy) is 1. The Balaban J connectivity index is 2.01. The Hall–Kier alpha value is -1.51. The van der Waals surface area contributed by atoms with Gasteiger partial charge < -0.3 is 4.74 Å². The highest BCUT2D eigenvalue weighted by Crippen LogP contribution is 2.21. The van der Waals surface area contributed by atoms with E-state index < -0.39 is 0 Å². The second-order valence-electron chi connectivity index (χ2n) is 5.21. The van der Waals surface area contributed by atoms with E-state index >= 15 is 0 Å². The van der Waals surface area contributed by atoms with Crippen LogP contribution in [0.4, 0.5) is 0 Å². The summed E-state index contributed by atoms with van der Waals surface area (Å²) in [7, 11) is 1.71. The van der Waals surface area contributed by atoms with Crippen molar-refractivity contribution in [3.8, 4) is 0 Å². The van der Waals surface area contributed by atoms with Gasteiger partial charge in [0.1, 0.15) is 5.76 Å².